The molecule has 0 atom stereocenters. The second-order valence-corrected chi connectivity index (χ2v) is 7.02. The lowest BCUT2D eigenvalue weighted by Gasteiger charge is -2.28. The third-order valence-corrected chi connectivity index (χ3v) is 5.51. The van der Waals surface area contributed by atoms with E-state index in [4.69, 9.17) is 16.3 Å². The smallest absolute Gasteiger partial charge is 0.346 e. The van der Waals surface area contributed by atoms with Gasteiger partial charge in [0.15, 0.2) is 0 Å². The first-order valence-electron chi connectivity index (χ1n) is 7.63. The molecule has 2 aromatic rings. The fourth-order valence-corrected chi connectivity index (χ4v) is 4.07. The van der Waals surface area contributed by atoms with Crippen LogP contribution in [0.3, 0.4) is 0 Å². The minimum absolute atomic E-state index is 0.233. The average Bonchev–Trinajstić information content (AvgIpc) is 3.03. The van der Waals surface area contributed by atoms with E-state index in [-0.39, 0.29) is 15.6 Å². The van der Waals surface area contributed by atoms with Gasteiger partial charge in [-0.1, -0.05) is 23.7 Å². The average molecular weight is 399 g/mol. The highest BCUT2D eigenvalue weighted by Crippen LogP contribution is 2.47. The van der Waals surface area contributed by atoms with Crippen molar-refractivity contribution in [1.29, 1.82) is 5.26 Å². The van der Waals surface area contributed by atoms with Gasteiger partial charge in [-0.25, -0.2) is 4.79 Å². The molecule has 0 amide bonds. The summed E-state index contributed by atoms with van der Waals surface area (Å²) in [5.41, 5.74) is -1.51. The van der Waals surface area contributed by atoms with E-state index < -0.39 is 27.9 Å². The summed E-state index contributed by atoms with van der Waals surface area (Å²) < 4.78 is 35.6. The van der Waals surface area contributed by atoms with Gasteiger partial charge in [0, 0.05) is 23.7 Å². The van der Waals surface area contributed by atoms with E-state index in [1.54, 1.807) is 11.0 Å². The van der Waals surface area contributed by atoms with Crippen LogP contribution in [0.4, 0.5) is 13.8 Å². The fraction of sp³-hybridized carbons (Fsp3) is 0.294. The molecule has 0 aliphatic carbocycles. The monoisotopic (exact) mass is 398 g/mol. The molecule has 2 heterocycles. The number of nitrogens with zero attached hydrogens (tertiary/aromatic N) is 2. The Bertz CT molecular complexity index is 871. The molecule has 3 rings (SSSR count). The van der Waals surface area contributed by atoms with Crippen LogP contribution >= 0.6 is 22.9 Å². The first kappa shape index (κ1) is 18.6. The molecule has 0 bridgehead atoms. The Labute approximate surface area is 157 Å². The molecular formula is C17H13ClF2N2O3S. The van der Waals surface area contributed by atoms with Crippen molar-refractivity contribution in [2.75, 3.05) is 31.2 Å². The third-order valence-electron chi connectivity index (χ3n) is 4.01. The molecule has 1 saturated heterocycles. The second-order valence-electron chi connectivity index (χ2n) is 5.58. The number of carbonyl (C=O) groups is 1. The van der Waals surface area contributed by atoms with Crippen LogP contribution in [-0.2, 0) is 10.7 Å². The van der Waals surface area contributed by atoms with Gasteiger partial charge in [-0.05, 0) is 12.1 Å². The van der Waals surface area contributed by atoms with Crippen molar-refractivity contribution >= 4 is 33.9 Å². The lowest BCUT2D eigenvalue weighted by Crippen LogP contribution is -2.36. The molecule has 1 fully saturated rings. The van der Waals surface area contributed by atoms with E-state index in [0.717, 1.165) is 12.1 Å². The van der Waals surface area contributed by atoms with E-state index >= 15 is 8.78 Å². The van der Waals surface area contributed by atoms with Crippen LogP contribution in [0.1, 0.15) is 26.4 Å². The fourth-order valence-electron chi connectivity index (χ4n) is 2.77. The predicted octanol–water partition coefficient (Wildman–Crippen LogP) is 3.95. The minimum atomic E-state index is -3.65. The molecule has 26 heavy (non-hydrogen) atoms. The Morgan fingerprint density at radius 3 is 2.46 bits per heavy atom. The highest BCUT2D eigenvalue weighted by molar-refractivity contribution is 7.18. The van der Waals surface area contributed by atoms with Gasteiger partial charge in [-0.3, -0.25) is 0 Å². The summed E-state index contributed by atoms with van der Waals surface area (Å²) in [5, 5.41) is 19.5. The number of hydrogen-bond donors (Lipinski definition) is 1. The van der Waals surface area contributed by atoms with Gasteiger partial charge in [0.05, 0.1) is 24.3 Å². The normalized spacial score (nSPS) is 14.9. The molecular weight excluding hydrogens is 386 g/mol. The van der Waals surface area contributed by atoms with E-state index in [9.17, 15) is 15.2 Å². The number of thiophene rings is 1. The number of anilines is 1. The van der Waals surface area contributed by atoms with Gasteiger partial charge >= 0.3 is 11.9 Å². The quantitative estimate of drug-likeness (QED) is 0.844. The molecule has 9 heteroatoms. The number of benzene rings is 1. The Morgan fingerprint density at radius 2 is 1.92 bits per heavy atom. The number of carboxylic acids is 1. The van der Waals surface area contributed by atoms with Gasteiger partial charge in [0.25, 0.3) is 0 Å². The summed E-state index contributed by atoms with van der Waals surface area (Å²) in [6.45, 7) is 1.57. The maximum Gasteiger partial charge on any atom is 0.346 e. The summed E-state index contributed by atoms with van der Waals surface area (Å²) in [5.74, 6) is -5.14. The molecule has 0 saturated carbocycles. The summed E-state index contributed by atoms with van der Waals surface area (Å²) in [4.78, 5) is 12.8. The highest BCUT2D eigenvalue weighted by atomic mass is 35.5. The lowest BCUT2D eigenvalue weighted by molar-refractivity contribution is 0.0397. The SMILES string of the molecule is N#Cc1c(N2CCOCC2)sc(C(=O)O)c1C(F)(F)c1ccc(Cl)cc1. The van der Waals surface area contributed by atoms with Gasteiger partial charge in [0.2, 0.25) is 0 Å². The maximum atomic E-state index is 15.2. The molecule has 1 aromatic carbocycles. The van der Waals surface area contributed by atoms with Crippen molar-refractivity contribution in [3.8, 4) is 6.07 Å². The maximum absolute atomic E-state index is 15.2. The number of ether oxygens (including phenoxy) is 1. The zero-order valence-corrected chi connectivity index (χ0v) is 14.9. The van der Waals surface area contributed by atoms with Crippen LogP contribution in [0, 0.1) is 11.3 Å². The van der Waals surface area contributed by atoms with Crippen LogP contribution in [0.5, 0.6) is 0 Å². The Morgan fingerprint density at radius 1 is 1.31 bits per heavy atom. The number of carboxylic acid groups (broad SMARTS) is 1. The van der Waals surface area contributed by atoms with E-state index in [0.29, 0.717) is 37.6 Å². The number of rotatable bonds is 4. The Hall–Kier alpha value is -2.21. The van der Waals surface area contributed by atoms with Crippen molar-refractivity contribution < 1.29 is 23.4 Å². The van der Waals surface area contributed by atoms with E-state index in [1.807, 2.05) is 0 Å². The molecule has 1 aliphatic heterocycles. The zero-order valence-electron chi connectivity index (χ0n) is 13.3. The van der Waals surface area contributed by atoms with Crippen molar-refractivity contribution in [3.63, 3.8) is 0 Å². The molecule has 1 aromatic heterocycles. The van der Waals surface area contributed by atoms with Crippen LogP contribution in [0.25, 0.3) is 0 Å². The third kappa shape index (κ3) is 3.26. The number of hydrogen-bond acceptors (Lipinski definition) is 5. The first-order chi connectivity index (χ1) is 12.4. The molecule has 1 aliphatic rings. The molecule has 0 radical (unpaired) electrons. The van der Waals surface area contributed by atoms with Gasteiger partial charge in [0.1, 0.15) is 15.9 Å². The molecule has 1 N–H and O–H groups in total. The summed E-state index contributed by atoms with van der Waals surface area (Å²) in [6.07, 6.45) is 0. The summed E-state index contributed by atoms with van der Waals surface area (Å²) in [7, 11) is 0. The van der Waals surface area contributed by atoms with Crippen molar-refractivity contribution in [3.05, 3.63) is 50.9 Å². The van der Waals surface area contributed by atoms with Crippen molar-refractivity contribution in [2.24, 2.45) is 0 Å². The Balaban J connectivity index is 2.18. The number of morpholine rings is 1. The molecule has 0 spiro atoms. The first-order valence-corrected chi connectivity index (χ1v) is 8.83. The van der Waals surface area contributed by atoms with E-state index in [2.05, 4.69) is 0 Å². The summed E-state index contributed by atoms with van der Waals surface area (Å²) in [6, 6.07) is 6.63. The minimum Gasteiger partial charge on any atom is -0.477 e. The lowest BCUT2D eigenvalue weighted by atomic mass is 9.97. The molecule has 5 nitrogen and oxygen atoms in total. The van der Waals surface area contributed by atoms with Crippen molar-refractivity contribution in [2.45, 2.75) is 5.92 Å². The number of alkyl halides is 2. The van der Waals surface area contributed by atoms with Gasteiger partial charge in [-0.15, -0.1) is 11.3 Å². The largest absolute Gasteiger partial charge is 0.477 e. The number of halogens is 3. The number of aromatic carboxylic acids is 1. The second kappa shape index (κ2) is 7.19. The van der Waals surface area contributed by atoms with Crippen molar-refractivity contribution in [1.82, 2.24) is 0 Å². The van der Waals surface area contributed by atoms with Crippen LogP contribution < -0.4 is 4.90 Å². The predicted molar refractivity (Wildman–Crippen MR) is 93.5 cm³/mol. The van der Waals surface area contributed by atoms with Crippen LogP contribution in [-0.4, -0.2) is 37.4 Å². The van der Waals surface area contributed by atoms with Crippen LogP contribution in [0.15, 0.2) is 24.3 Å². The zero-order chi connectivity index (χ0) is 18.9. The molecule has 136 valence electrons. The standard InChI is InChI=1S/C17H13ClF2N2O3S/c18-11-3-1-10(2-4-11)17(19,20)13-12(9-21)15(26-14(13)16(23)24)22-5-7-25-8-6-22/h1-4H,5-8H2,(H,23,24). The van der Waals surface area contributed by atoms with E-state index in [1.165, 1.54) is 12.1 Å². The summed E-state index contributed by atoms with van der Waals surface area (Å²) >= 11 is 6.44. The molecule has 0 unspecified atom stereocenters. The topological polar surface area (TPSA) is 73.6 Å². The highest BCUT2D eigenvalue weighted by Gasteiger charge is 2.43. The van der Waals surface area contributed by atoms with Gasteiger partial charge in [-0.2, -0.15) is 14.0 Å². The van der Waals surface area contributed by atoms with Crippen LogP contribution in [0.2, 0.25) is 5.02 Å². The Kier molecular flexibility index (Phi) is 5.14. The van der Waals surface area contributed by atoms with Gasteiger partial charge < -0.3 is 14.7 Å². The number of nitriles is 1.